The Labute approximate surface area is 123 Å². The minimum atomic E-state index is -0.272. The van der Waals surface area contributed by atoms with Gasteiger partial charge in [-0.3, -0.25) is 4.79 Å². The Hall–Kier alpha value is -2.10. The number of nitrogens with zero attached hydrogens (tertiary/aromatic N) is 1. The fourth-order valence-electron chi connectivity index (χ4n) is 2.58. The van der Waals surface area contributed by atoms with Gasteiger partial charge < -0.3 is 9.32 Å². The van der Waals surface area contributed by atoms with E-state index in [-0.39, 0.29) is 17.8 Å². The van der Waals surface area contributed by atoms with Gasteiger partial charge in [0.1, 0.15) is 17.3 Å². The van der Waals surface area contributed by atoms with Crippen molar-refractivity contribution in [2.24, 2.45) is 0 Å². The molecule has 1 fully saturated rings. The molecular formula is C17H18FNO2. The molecule has 3 rings (SSSR count). The zero-order chi connectivity index (χ0) is 15.0. The average Bonchev–Trinajstić information content (AvgIpc) is 3.21. The smallest absolute Gasteiger partial charge is 0.257 e. The van der Waals surface area contributed by atoms with E-state index in [1.54, 1.807) is 19.1 Å². The van der Waals surface area contributed by atoms with Crippen LogP contribution in [0.3, 0.4) is 0 Å². The van der Waals surface area contributed by atoms with E-state index in [2.05, 4.69) is 0 Å². The number of hydrogen-bond donors (Lipinski definition) is 0. The lowest BCUT2D eigenvalue weighted by atomic mass is 10.1. The summed E-state index contributed by atoms with van der Waals surface area (Å²) in [4.78, 5) is 14.5. The van der Waals surface area contributed by atoms with Gasteiger partial charge in [0, 0.05) is 12.6 Å². The number of furan rings is 1. The van der Waals surface area contributed by atoms with Crippen LogP contribution in [0.4, 0.5) is 4.39 Å². The number of benzene rings is 1. The molecule has 1 amide bonds. The molecule has 1 aliphatic rings. The molecule has 21 heavy (non-hydrogen) atoms. The van der Waals surface area contributed by atoms with Crippen LogP contribution in [0.25, 0.3) is 0 Å². The number of hydrogen-bond acceptors (Lipinski definition) is 2. The third-order valence-electron chi connectivity index (χ3n) is 3.76. The summed E-state index contributed by atoms with van der Waals surface area (Å²) in [5, 5.41) is 0. The molecule has 110 valence electrons. The quantitative estimate of drug-likeness (QED) is 0.856. The number of carbonyl (C=O) groups excluding carboxylic acids is 1. The van der Waals surface area contributed by atoms with Gasteiger partial charge in [-0.05, 0) is 50.5 Å². The van der Waals surface area contributed by atoms with Crippen LogP contribution in [0.15, 0.2) is 34.7 Å². The number of rotatable bonds is 4. The molecule has 3 nitrogen and oxygen atoms in total. The van der Waals surface area contributed by atoms with Crippen LogP contribution < -0.4 is 0 Å². The first-order valence-electron chi connectivity index (χ1n) is 7.17. The van der Waals surface area contributed by atoms with Crippen LogP contribution in [-0.4, -0.2) is 16.8 Å². The molecule has 0 atom stereocenters. The van der Waals surface area contributed by atoms with E-state index in [4.69, 9.17) is 4.42 Å². The largest absolute Gasteiger partial charge is 0.466 e. The number of aryl methyl sites for hydroxylation is 2. The van der Waals surface area contributed by atoms with Crippen molar-refractivity contribution in [3.05, 3.63) is 58.8 Å². The maximum Gasteiger partial charge on any atom is 0.257 e. The topological polar surface area (TPSA) is 33.5 Å². The van der Waals surface area contributed by atoms with Crippen molar-refractivity contribution < 1.29 is 13.6 Å². The van der Waals surface area contributed by atoms with Crippen LogP contribution in [-0.2, 0) is 6.54 Å². The van der Waals surface area contributed by atoms with Crippen molar-refractivity contribution in [2.75, 3.05) is 0 Å². The van der Waals surface area contributed by atoms with E-state index < -0.39 is 0 Å². The van der Waals surface area contributed by atoms with Gasteiger partial charge in [-0.1, -0.05) is 12.1 Å². The second-order valence-corrected chi connectivity index (χ2v) is 5.62. The van der Waals surface area contributed by atoms with Crippen molar-refractivity contribution in [1.82, 2.24) is 4.90 Å². The Morgan fingerprint density at radius 2 is 2.10 bits per heavy atom. The molecule has 0 unspecified atom stereocenters. The molecule has 0 saturated heterocycles. The maximum atomic E-state index is 13.3. The maximum absolute atomic E-state index is 13.3. The molecule has 0 radical (unpaired) electrons. The third-order valence-corrected chi connectivity index (χ3v) is 3.76. The van der Waals surface area contributed by atoms with E-state index in [1.165, 1.54) is 12.1 Å². The van der Waals surface area contributed by atoms with Crippen molar-refractivity contribution in [3.63, 3.8) is 0 Å². The van der Waals surface area contributed by atoms with Gasteiger partial charge in [-0.25, -0.2) is 4.39 Å². The van der Waals surface area contributed by atoms with Gasteiger partial charge in [0.15, 0.2) is 0 Å². The van der Waals surface area contributed by atoms with E-state index in [0.29, 0.717) is 17.9 Å². The summed E-state index contributed by atoms with van der Waals surface area (Å²) in [7, 11) is 0. The fourth-order valence-corrected chi connectivity index (χ4v) is 2.58. The van der Waals surface area contributed by atoms with Crippen LogP contribution in [0.1, 0.15) is 40.3 Å². The molecule has 1 aromatic heterocycles. The average molecular weight is 287 g/mol. The van der Waals surface area contributed by atoms with Crippen LogP contribution in [0.2, 0.25) is 0 Å². The lowest BCUT2D eigenvalue weighted by Crippen LogP contribution is -2.32. The van der Waals surface area contributed by atoms with Gasteiger partial charge in [-0.15, -0.1) is 0 Å². The molecule has 4 heteroatoms. The Kier molecular flexibility index (Phi) is 3.53. The zero-order valence-corrected chi connectivity index (χ0v) is 12.2. The van der Waals surface area contributed by atoms with E-state index in [9.17, 15) is 9.18 Å². The monoisotopic (exact) mass is 287 g/mol. The van der Waals surface area contributed by atoms with Crippen LogP contribution >= 0.6 is 0 Å². The summed E-state index contributed by atoms with van der Waals surface area (Å²) in [6, 6.07) is 8.45. The molecule has 1 aliphatic carbocycles. The lowest BCUT2D eigenvalue weighted by molar-refractivity contribution is 0.0728. The fraction of sp³-hybridized carbons (Fsp3) is 0.353. The molecule has 0 aliphatic heterocycles. The third kappa shape index (κ3) is 2.99. The van der Waals surface area contributed by atoms with Gasteiger partial charge in [0.2, 0.25) is 0 Å². The normalized spacial score (nSPS) is 14.2. The number of amides is 1. The van der Waals surface area contributed by atoms with Crippen molar-refractivity contribution in [3.8, 4) is 0 Å². The molecule has 1 saturated carbocycles. The highest BCUT2D eigenvalue weighted by Crippen LogP contribution is 2.31. The van der Waals surface area contributed by atoms with Gasteiger partial charge in [0.05, 0.1) is 5.56 Å². The molecule has 1 heterocycles. The predicted octanol–water partition coefficient (Wildman–Crippen LogP) is 3.84. The lowest BCUT2D eigenvalue weighted by Gasteiger charge is -2.22. The Balaban J connectivity index is 1.85. The highest BCUT2D eigenvalue weighted by atomic mass is 19.1. The molecule has 1 aromatic carbocycles. The van der Waals surface area contributed by atoms with Gasteiger partial charge >= 0.3 is 0 Å². The van der Waals surface area contributed by atoms with E-state index in [1.807, 2.05) is 17.9 Å². The second-order valence-electron chi connectivity index (χ2n) is 5.62. The number of halogens is 1. The van der Waals surface area contributed by atoms with Gasteiger partial charge in [-0.2, -0.15) is 0 Å². The summed E-state index contributed by atoms with van der Waals surface area (Å²) in [5.41, 5.74) is 1.42. The predicted molar refractivity (Wildman–Crippen MR) is 77.5 cm³/mol. The number of carbonyl (C=O) groups is 1. The molecule has 0 N–H and O–H groups in total. The standard InChI is InChI=1S/C17H18FNO2/c1-11-8-16(12(2)21-11)17(20)19(15-6-7-15)10-13-4-3-5-14(18)9-13/h3-5,8-9,15H,6-7,10H2,1-2H3. The Bertz CT molecular complexity index is 673. The molecule has 0 bridgehead atoms. The first kappa shape index (κ1) is 13.9. The van der Waals surface area contributed by atoms with E-state index >= 15 is 0 Å². The van der Waals surface area contributed by atoms with Gasteiger partial charge in [0.25, 0.3) is 5.91 Å². The zero-order valence-electron chi connectivity index (χ0n) is 12.2. The first-order chi connectivity index (χ1) is 10.0. The summed E-state index contributed by atoms with van der Waals surface area (Å²) < 4.78 is 18.8. The highest BCUT2D eigenvalue weighted by molar-refractivity contribution is 5.95. The summed E-state index contributed by atoms with van der Waals surface area (Å²) in [6.45, 7) is 4.07. The van der Waals surface area contributed by atoms with Crippen molar-refractivity contribution >= 4 is 5.91 Å². The summed E-state index contributed by atoms with van der Waals surface area (Å²) >= 11 is 0. The summed E-state index contributed by atoms with van der Waals surface area (Å²) in [5.74, 6) is 1.07. The Morgan fingerprint density at radius 3 is 2.67 bits per heavy atom. The van der Waals surface area contributed by atoms with Crippen molar-refractivity contribution in [1.29, 1.82) is 0 Å². The first-order valence-corrected chi connectivity index (χ1v) is 7.17. The van der Waals surface area contributed by atoms with Crippen LogP contribution in [0, 0.1) is 19.7 Å². The van der Waals surface area contributed by atoms with E-state index in [0.717, 1.165) is 24.2 Å². The van der Waals surface area contributed by atoms with Crippen LogP contribution in [0.5, 0.6) is 0 Å². The minimum absolute atomic E-state index is 0.0314. The second kappa shape index (κ2) is 5.35. The summed E-state index contributed by atoms with van der Waals surface area (Å²) in [6.07, 6.45) is 2.02. The minimum Gasteiger partial charge on any atom is -0.466 e. The molecule has 2 aromatic rings. The Morgan fingerprint density at radius 1 is 1.33 bits per heavy atom. The molecular weight excluding hydrogens is 269 g/mol. The molecule has 0 spiro atoms. The highest BCUT2D eigenvalue weighted by Gasteiger charge is 2.34. The van der Waals surface area contributed by atoms with Crippen molar-refractivity contribution in [2.45, 2.75) is 39.3 Å². The SMILES string of the molecule is Cc1cc(C(=O)N(Cc2cccc(F)c2)C2CC2)c(C)o1.